The molecule has 0 saturated heterocycles. The van der Waals surface area contributed by atoms with Crippen molar-refractivity contribution in [1.29, 1.82) is 0 Å². The van der Waals surface area contributed by atoms with Crippen LogP contribution >= 0.6 is 24.0 Å². The highest BCUT2D eigenvalue weighted by Gasteiger charge is 2.07. The van der Waals surface area contributed by atoms with Gasteiger partial charge in [0.05, 0.1) is 11.6 Å². The Balaban J connectivity index is 0.00000272. The number of hydrogen-bond acceptors (Lipinski definition) is 5. The van der Waals surface area contributed by atoms with Crippen LogP contribution in [0.1, 0.15) is 12.5 Å². The molecular weight excluding hydrogens is 505 g/mol. The monoisotopic (exact) mass is 533 g/mol. The number of aromatic amines is 1. The van der Waals surface area contributed by atoms with Crippen molar-refractivity contribution >= 4 is 57.7 Å². The fourth-order valence-electron chi connectivity index (χ4n) is 3.43. The van der Waals surface area contributed by atoms with E-state index < -0.39 is 0 Å². The Morgan fingerprint density at radius 3 is 2.87 bits per heavy atom. The SMILES string of the molecule is CCNC(=NCCc1c[nH]c2ccccc12)NCCNc1ncnc2c1cnn2C.I. The van der Waals surface area contributed by atoms with Gasteiger partial charge < -0.3 is 20.9 Å². The van der Waals surface area contributed by atoms with Crippen LogP contribution < -0.4 is 16.0 Å². The number of benzene rings is 1. The van der Waals surface area contributed by atoms with Crippen LogP contribution in [0.5, 0.6) is 0 Å². The molecule has 164 valence electrons. The first-order valence-electron chi connectivity index (χ1n) is 10.2. The molecule has 0 saturated carbocycles. The van der Waals surface area contributed by atoms with Crippen LogP contribution in [0.15, 0.2) is 48.0 Å². The second-order valence-electron chi connectivity index (χ2n) is 6.95. The van der Waals surface area contributed by atoms with E-state index >= 15 is 0 Å². The number of para-hydroxylation sites is 1. The molecular formula is C21H28IN9. The van der Waals surface area contributed by atoms with Crippen LogP contribution in [0.3, 0.4) is 0 Å². The first kappa shape index (κ1) is 22.8. The number of halogens is 1. The molecule has 0 aliphatic heterocycles. The van der Waals surface area contributed by atoms with Crippen LogP contribution in [-0.4, -0.2) is 56.9 Å². The van der Waals surface area contributed by atoms with Crippen molar-refractivity contribution in [1.82, 2.24) is 35.4 Å². The number of aromatic nitrogens is 5. The van der Waals surface area contributed by atoms with Crippen molar-refractivity contribution < 1.29 is 0 Å². The first-order chi connectivity index (χ1) is 14.8. The summed E-state index contributed by atoms with van der Waals surface area (Å²) in [5.41, 5.74) is 3.27. The summed E-state index contributed by atoms with van der Waals surface area (Å²) in [6, 6.07) is 8.35. The Hall–Kier alpha value is -2.89. The number of guanidine groups is 1. The predicted molar refractivity (Wildman–Crippen MR) is 136 cm³/mol. The van der Waals surface area contributed by atoms with Crippen molar-refractivity contribution in [3.63, 3.8) is 0 Å². The smallest absolute Gasteiger partial charge is 0.191 e. The third kappa shape index (κ3) is 5.43. The highest BCUT2D eigenvalue weighted by Crippen LogP contribution is 2.18. The van der Waals surface area contributed by atoms with Gasteiger partial charge in [0.2, 0.25) is 0 Å². The summed E-state index contributed by atoms with van der Waals surface area (Å²) in [6.07, 6.45) is 6.29. The second kappa shape index (κ2) is 10.9. The summed E-state index contributed by atoms with van der Waals surface area (Å²) in [6.45, 7) is 5.01. The van der Waals surface area contributed by atoms with Gasteiger partial charge in [-0.05, 0) is 25.0 Å². The quantitative estimate of drug-likeness (QED) is 0.120. The molecule has 1 aromatic carbocycles. The van der Waals surface area contributed by atoms with E-state index in [1.165, 1.54) is 16.5 Å². The van der Waals surface area contributed by atoms with Gasteiger partial charge in [-0.3, -0.25) is 9.67 Å². The molecule has 0 bridgehead atoms. The lowest BCUT2D eigenvalue weighted by molar-refractivity contribution is 0.785. The maximum Gasteiger partial charge on any atom is 0.191 e. The summed E-state index contributed by atoms with van der Waals surface area (Å²) in [4.78, 5) is 16.6. The molecule has 3 heterocycles. The van der Waals surface area contributed by atoms with Crippen LogP contribution in [-0.2, 0) is 13.5 Å². The molecule has 10 heteroatoms. The van der Waals surface area contributed by atoms with Gasteiger partial charge in [0.25, 0.3) is 0 Å². The Morgan fingerprint density at radius 2 is 2.00 bits per heavy atom. The predicted octanol–water partition coefficient (Wildman–Crippen LogP) is 2.67. The number of fused-ring (bicyclic) bond motifs is 2. The standard InChI is InChI=1S/C21H27N9.HI/c1-3-22-21(24-9-8-15-12-26-18-7-5-4-6-16(15)18)25-11-10-23-19-17-13-29-30(2)20(17)28-14-27-19;/h4-7,12-14,26H,3,8-11H2,1-2H3,(H2,22,24,25)(H,23,27,28);1H. The van der Waals surface area contributed by atoms with Gasteiger partial charge in [0, 0.05) is 50.3 Å². The Morgan fingerprint density at radius 1 is 1.13 bits per heavy atom. The van der Waals surface area contributed by atoms with E-state index in [0.717, 1.165) is 35.8 Å². The Bertz CT molecular complexity index is 1150. The number of H-pyrrole nitrogens is 1. The molecule has 0 spiro atoms. The van der Waals surface area contributed by atoms with E-state index in [0.29, 0.717) is 19.6 Å². The van der Waals surface area contributed by atoms with Crippen molar-refractivity contribution in [2.75, 3.05) is 31.5 Å². The minimum Gasteiger partial charge on any atom is -0.368 e. The van der Waals surface area contributed by atoms with Gasteiger partial charge in [-0.15, -0.1) is 24.0 Å². The molecule has 0 aliphatic rings. The third-order valence-corrected chi connectivity index (χ3v) is 4.91. The molecule has 3 aromatic heterocycles. The fourth-order valence-corrected chi connectivity index (χ4v) is 3.43. The third-order valence-electron chi connectivity index (χ3n) is 4.91. The normalized spacial score (nSPS) is 11.5. The number of hydrogen-bond donors (Lipinski definition) is 4. The number of rotatable bonds is 8. The van der Waals surface area contributed by atoms with Crippen LogP contribution in [0.2, 0.25) is 0 Å². The molecule has 0 atom stereocenters. The van der Waals surface area contributed by atoms with Gasteiger partial charge in [-0.2, -0.15) is 5.10 Å². The van der Waals surface area contributed by atoms with Gasteiger partial charge in [0.1, 0.15) is 12.1 Å². The van der Waals surface area contributed by atoms with Crippen molar-refractivity contribution in [2.24, 2.45) is 12.0 Å². The first-order valence-corrected chi connectivity index (χ1v) is 10.2. The summed E-state index contributed by atoms with van der Waals surface area (Å²) in [7, 11) is 1.87. The average molecular weight is 533 g/mol. The maximum absolute atomic E-state index is 4.71. The zero-order chi connectivity index (χ0) is 20.8. The van der Waals surface area contributed by atoms with E-state index in [4.69, 9.17) is 4.99 Å². The molecule has 0 unspecified atom stereocenters. The Labute approximate surface area is 198 Å². The molecule has 0 radical (unpaired) electrons. The number of aryl methyl sites for hydroxylation is 1. The summed E-state index contributed by atoms with van der Waals surface area (Å²) in [5, 5.41) is 16.4. The second-order valence-corrected chi connectivity index (χ2v) is 6.95. The molecule has 31 heavy (non-hydrogen) atoms. The van der Waals surface area contributed by atoms with E-state index in [9.17, 15) is 0 Å². The summed E-state index contributed by atoms with van der Waals surface area (Å²) in [5.74, 6) is 1.60. The van der Waals surface area contributed by atoms with Gasteiger partial charge in [-0.25, -0.2) is 9.97 Å². The lowest BCUT2D eigenvalue weighted by atomic mass is 10.1. The topological polar surface area (TPSA) is 108 Å². The lowest BCUT2D eigenvalue weighted by Crippen LogP contribution is -2.39. The van der Waals surface area contributed by atoms with Crippen molar-refractivity contribution in [2.45, 2.75) is 13.3 Å². The highest BCUT2D eigenvalue weighted by molar-refractivity contribution is 14.0. The molecule has 9 nitrogen and oxygen atoms in total. The van der Waals surface area contributed by atoms with Gasteiger partial charge in [0.15, 0.2) is 11.6 Å². The summed E-state index contributed by atoms with van der Waals surface area (Å²) < 4.78 is 1.74. The van der Waals surface area contributed by atoms with Gasteiger partial charge >= 0.3 is 0 Å². The minimum absolute atomic E-state index is 0. The van der Waals surface area contributed by atoms with E-state index in [1.807, 2.05) is 13.1 Å². The molecule has 4 aromatic rings. The summed E-state index contributed by atoms with van der Waals surface area (Å²) >= 11 is 0. The number of nitrogens with one attached hydrogen (secondary N) is 4. The Kier molecular flexibility index (Phi) is 8.04. The number of anilines is 1. The molecule has 4 rings (SSSR count). The highest BCUT2D eigenvalue weighted by atomic mass is 127. The average Bonchev–Trinajstić information content (AvgIpc) is 3.35. The minimum atomic E-state index is 0. The molecule has 0 aliphatic carbocycles. The molecule has 0 amide bonds. The lowest BCUT2D eigenvalue weighted by Gasteiger charge is -2.12. The number of aliphatic imine (C=N–C) groups is 1. The fraction of sp³-hybridized carbons (Fsp3) is 0.333. The van der Waals surface area contributed by atoms with Gasteiger partial charge in [-0.1, -0.05) is 18.2 Å². The van der Waals surface area contributed by atoms with E-state index in [-0.39, 0.29) is 24.0 Å². The van der Waals surface area contributed by atoms with Crippen LogP contribution in [0.4, 0.5) is 5.82 Å². The molecule has 0 fully saturated rings. The largest absolute Gasteiger partial charge is 0.368 e. The van der Waals surface area contributed by atoms with Crippen molar-refractivity contribution in [3.05, 3.63) is 48.5 Å². The van der Waals surface area contributed by atoms with Crippen LogP contribution in [0, 0.1) is 0 Å². The maximum atomic E-state index is 4.71. The van der Waals surface area contributed by atoms with E-state index in [1.54, 1.807) is 17.2 Å². The van der Waals surface area contributed by atoms with E-state index in [2.05, 4.69) is 67.3 Å². The molecule has 4 N–H and O–H groups in total. The zero-order valence-electron chi connectivity index (χ0n) is 17.7. The van der Waals surface area contributed by atoms with Crippen LogP contribution in [0.25, 0.3) is 21.9 Å². The van der Waals surface area contributed by atoms with Crippen molar-refractivity contribution in [3.8, 4) is 0 Å². The zero-order valence-corrected chi connectivity index (χ0v) is 20.1. The number of nitrogens with zero attached hydrogens (tertiary/aromatic N) is 5.